The maximum atomic E-state index is 12.7. The average molecular weight is 509 g/mol. The first-order valence-electron chi connectivity index (χ1n) is 8.01. The molecule has 3 rings (SSSR count). The first-order chi connectivity index (χ1) is 13.4. The molecule has 1 saturated heterocycles. The molecule has 2 aromatic rings. The minimum atomic E-state index is -0.533. The molecule has 0 unspecified atom stereocenters. The van der Waals surface area contributed by atoms with Gasteiger partial charge in [-0.3, -0.25) is 4.79 Å². The van der Waals surface area contributed by atoms with Gasteiger partial charge in [-0.05, 0) is 70.6 Å². The second-order valence-corrected chi connectivity index (χ2v) is 7.23. The van der Waals surface area contributed by atoms with E-state index in [4.69, 9.17) is 27.5 Å². The third kappa shape index (κ3) is 4.08. The number of halogens is 2. The number of urea groups is 1. The van der Waals surface area contributed by atoms with Crippen LogP contribution in [0, 0.1) is 15.9 Å². The second kappa shape index (κ2) is 8.54. The molecule has 1 N–H and O–H groups in total. The number of nitrogens with one attached hydrogen (secondary N) is 1. The topological polar surface area (TPSA) is 67.9 Å². The highest BCUT2D eigenvalue weighted by Crippen LogP contribution is 2.35. The van der Waals surface area contributed by atoms with Crippen LogP contribution in [0.1, 0.15) is 5.56 Å². The predicted octanol–water partition coefficient (Wildman–Crippen LogP) is 4.06. The Kier molecular flexibility index (Phi) is 6.11. The summed E-state index contributed by atoms with van der Waals surface area (Å²) in [6.07, 6.45) is 6.81. The third-order valence-corrected chi connectivity index (χ3v) is 4.88. The highest BCUT2D eigenvalue weighted by atomic mass is 127. The van der Waals surface area contributed by atoms with E-state index in [1.165, 1.54) is 7.11 Å². The largest absolute Gasteiger partial charge is 0.493 e. The van der Waals surface area contributed by atoms with Crippen LogP contribution in [0.15, 0.2) is 42.1 Å². The maximum Gasteiger partial charge on any atom is 0.333 e. The number of ether oxygens (including phenoxy) is 2. The zero-order valence-corrected chi connectivity index (χ0v) is 17.6. The fourth-order valence-electron chi connectivity index (χ4n) is 2.60. The Morgan fingerprint density at radius 3 is 2.64 bits per heavy atom. The van der Waals surface area contributed by atoms with Gasteiger partial charge in [0.15, 0.2) is 11.5 Å². The Morgan fingerprint density at radius 2 is 2.00 bits per heavy atom. The molecule has 0 radical (unpaired) electrons. The van der Waals surface area contributed by atoms with Gasteiger partial charge in [0.1, 0.15) is 12.3 Å². The number of carbonyl (C=O) groups excluding carboxylic acids is 2. The summed E-state index contributed by atoms with van der Waals surface area (Å²) in [6.45, 7) is 0.109. The van der Waals surface area contributed by atoms with E-state index in [0.717, 1.165) is 8.47 Å². The van der Waals surface area contributed by atoms with Crippen LogP contribution in [0.25, 0.3) is 6.08 Å². The van der Waals surface area contributed by atoms with E-state index in [0.29, 0.717) is 27.8 Å². The fourth-order valence-corrected chi connectivity index (χ4v) is 3.51. The Hall–Kier alpha value is -2.70. The molecule has 142 valence electrons. The Morgan fingerprint density at radius 1 is 1.29 bits per heavy atom. The Labute approximate surface area is 180 Å². The summed E-state index contributed by atoms with van der Waals surface area (Å²) in [5.41, 5.74) is 1.24. The number of rotatable bonds is 5. The number of anilines is 1. The minimum absolute atomic E-state index is 0.109. The molecule has 1 heterocycles. The molecular weight excluding hydrogens is 495 g/mol. The van der Waals surface area contributed by atoms with E-state index < -0.39 is 11.9 Å². The Balaban J connectivity index is 1.92. The number of benzene rings is 2. The van der Waals surface area contributed by atoms with Gasteiger partial charge in [0.25, 0.3) is 5.91 Å². The molecule has 1 fully saturated rings. The lowest BCUT2D eigenvalue weighted by molar-refractivity contribution is -0.113. The summed E-state index contributed by atoms with van der Waals surface area (Å²) in [5.74, 6) is 2.93. The van der Waals surface area contributed by atoms with Crippen molar-refractivity contribution in [2.24, 2.45) is 0 Å². The average Bonchev–Trinajstić information content (AvgIpc) is 2.94. The molecule has 8 heteroatoms. The molecular formula is C20H14ClIN2O4. The molecule has 1 aliphatic heterocycles. The quantitative estimate of drug-likeness (QED) is 0.286. The van der Waals surface area contributed by atoms with Crippen molar-refractivity contribution in [1.82, 2.24) is 5.32 Å². The van der Waals surface area contributed by atoms with Gasteiger partial charge in [0, 0.05) is 5.02 Å². The minimum Gasteiger partial charge on any atom is -0.493 e. The monoisotopic (exact) mass is 508 g/mol. The zero-order valence-electron chi connectivity index (χ0n) is 14.7. The SMILES string of the molecule is C#CCOc1c(I)cc(/C=C2/NC(=O)N(c3ccc(Cl)cc3)C2=O)cc1OC. The van der Waals surface area contributed by atoms with Gasteiger partial charge in [0.05, 0.1) is 16.4 Å². The number of hydrogen-bond acceptors (Lipinski definition) is 4. The number of methoxy groups -OCH3 is 1. The summed E-state index contributed by atoms with van der Waals surface area (Å²) in [6, 6.07) is 9.40. The second-order valence-electron chi connectivity index (χ2n) is 5.63. The standard InChI is InChI=1S/C20H14ClIN2O4/c1-3-8-28-18-15(22)9-12(11-17(18)27-2)10-16-19(25)24(20(26)23-16)14-6-4-13(21)5-7-14/h1,4-7,9-11H,8H2,2H3,(H,23,26)/b16-10+. The highest BCUT2D eigenvalue weighted by molar-refractivity contribution is 14.1. The predicted molar refractivity (Wildman–Crippen MR) is 115 cm³/mol. The molecule has 0 aromatic heterocycles. The number of hydrogen-bond donors (Lipinski definition) is 1. The van der Waals surface area contributed by atoms with Crippen molar-refractivity contribution in [1.29, 1.82) is 0 Å². The third-order valence-electron chi connectivity index (χ3n) is 3.83. The summed E-state index contributed by atoms with van der Waals surface area (Å²) >= 11 is 7.95. The van der Waals surface area contributed by atoms with Gasteiger partial charge in [-0.2, -0.15) is 0 Å². The molecule has 0 bridgehead atoms. The molecule has 3 amide bonds. The van der Waals surface area contributed by atoms with Crippen molar-refractivity contribution in [2.45, 2.75) is 0 Å². The van der Waals surface area contributed by atoms with Gasteiger partial charge in [-0.25, -0.2) is 9.69 Å². The summed E-state index contributed by atoms with van der Waals surface area (Å²) in [4.78, 5) is 26.1. The molecule has 0 atom stereocenters. The molecule has 1 aliphatic rings. The molecule has 0 spiro atoms. The van der Waals surface area contributed by atoms with E-state index in [1.54, 1.807) is 42.5 Å². The van der Waals surface area contributed by atoms with Crippen LogP contribution in [0.2, 0.25) is 5.02 Å². The van der Waals surface area contributed by atoms with Crippen molar-refractivity contribution in [3.63, 3.8) is 0 Å². The van der Waals surface area contributed by atoms with Crippen LogP contribution in [-0.2, 0) is 4.79 Å². The van der Waals surface area contributed by atoms with Crippen molar-refractivity contribution in [3.8, 4) is 23.8 Å². The van der Waals surface area contributed by atoms with E-state index in [-0.39, 0.29) is 12.3 Å². The number of carbonyl (C=O) groups is 2. The van der Waals surface area contributed by atoms with Gasteiger partial charge in [-0.1, -0.05) is 17.5 Å². The summed E-state index contributed by atoms with van der Waals surface area (Å²) in [7, 11) is 1.51. The molecule has 0 aliphatic carbocycles. The van der Waals surface area contributed by atoms with Gasteiger partial charge >= 0.3 is 6.03 Å². The first kappa shape index (κ1) is 20.0. The van der Waals surface area contributed by atoms with E-state index in [9.17, 15) is 9.59 Å². The Bertz CT molecular complexity index is 1010. The lowest BCUT2D eigenvalue weighted by Crippen LogP contribution is -2.30. The smallest absolute Gasteiger partial charge is 0.333 e. The van der Waals surface area contributed by atoms with Gasteiger partial charge in [0.2, 0.25) is 0 Å². The number of amides is 3. The van der Waals surface area contributed by atoms with Gasteiger partial charge < -0.3 is 14.8 Å². The lowest BCUT2D eigenvalue weighted by Gasteiger charge is -2.12. The van der Waals surface area contributed by atoms with Crippen molar-refractivity contribution < 1.29 is 19.1 Å². The number of terminal acetylenes is 1. The summed E-state index contributed by atoms with van der Waals surface area (Å²) in [5, 5.41) is 3.10. The van der Waals surface area contributed by atoms with Crippen molar-refractivity contribution in [2.75, 3.05) is 18.6 Å². The van der Waals surface area contributed by atoms with Crippen molar-refractivity contribution in [3.05, 3.63) is 56.3 Å². The summed E-state index contributed by atoms with van der Waals surface area (Å²) < 4.78 is 11.6. The van der Waals surface area contributed by atoms with Crippen LogP contribution in [-0.4, -0.2) is 25.7 Å². The van der Waals surface area contributed by atoms with Crippen LogP contribution < -0.4 is 19.7 Å². The van der Waals surface area contributed by atoms with Gasteiger partial charge in [-0.15, -0.1) is 6.42 Å². The van der Waals surface area contributed by atoms with Crippen molar-refractivity contribution >= 4 is 57.9 Å². The zero-order chi connectivity index (χ0) is 20.3. The number of imide groups is 1. The first-order valence-corrected chi connectivity index (χ1v) is 9.46. The van der Waals surface area contributed by atoms with Crippen LogP contribution in [0.3, 0.4) is 0 Å². The number of nitrogens with zero attached hydrogens (tertiary/aromatic N) is 1. The lowest BCUT2D eigenvalue weighted by atomic mass is 10.1. The normalized spacial score (nSPS) is 14.8. The fraction of sp³-hybridized carbons (Fsp3) is 0.100. The van der Waals surface area contributed by atoms with E-state index in [1.807, 2.05) is 0 Å². The molecule has 2 aromatic carbocycles. The van der Waals surface area contributed by atoms with Crippen LogP contribution in [0.5, 0.6) is 11.5 Å². The highest BCUT2D eigenvalue weighted by Gasteiger charge is 2.34. The maximum absolute atomic E-state index is 12.7. The van der Waals surface area contributed by atoms with Crippen LogP contribution in [0.4, 0.5) is 10.5 Å². The van der Waals surface area contributed by atoms with E-state index >= 15 is 0 Å². The molecule has 0 saturated carbocycles. The molecule has 28 heavy (non-hydrogen) atoms. The molecule has 6 nitrogen and oxygen atoms in total. The van der Waals surface area contributed by atoms with E-state index in [2.05, 4.69) is 33.8 Å². The van der Waals surface area contributed by atoms with Crippen LogP contribution >= 0.6 is 34.2 Å².